The zero-order valence-electron chi connectivity index (χ0n) is 15.7. The average molecular weight is 407 g/mol. The second kappa shape index (κ2) is 8.14. The number of carbonyl (C=O) groups is 1. The van der Waals surface area contributed by atoms with E-state index in [1.165, 1.54) is 12.1 Å². The minimum absolute atomic E-state index is 0.0700. The highest BCUT2D eigenvalue weighted by molar-refractivity contribution is 7.89. The highest BCUT2D eigenvalue weighted by atomic mass is 32.2. The van der Waals surface area contributed by atoms with Crippen LogP contribution in [0.1, 0.15) is 30.0 Å². The van der Waals surface area contributed by atoms with Gasteiger partial charge in [0, 0.05) is 31.0 Å². The van der Waals surface area contributed by atoms with E-state index in [0.29, 0.717) is 13.0 Å². The first-order valence-electron chi connectivity index (χ1n) is 9.42. The quantitative estimate of drug-likeness (QED) is 0.680. The molecule has 1 N–H and O–H groups in total. The lowest BCUT2D eigenvalue weighted by molar-refractivity contribution is -0.117. The van der Waals surface area contributed by atoms with E-state index in [-0.39, 0.29) is 10.8 Å². The van der Waals surface area contributed by atoms with Crippen molar-refractivity contribution in [3.05, 3.63) is 90.3 Å². The van der Waals surface area contributed by atoms with Crippen molar-refractivity contribution in [3.8, 4) is 0 Å². The SMILES string of the molecule is O=C1CCCN1c1ccc(S(=O)(=O)NC(c2ccccc2)c2ccncc2)cc1. The summed E-state index contributed by atoms with van der Waals surface area (Å²) in [6.07, 6.45) is 4.64. The summed E-state index contributed by atoms with van der Waals surface area (Å²) in [6.45, 7) is 0.668. The number of sulfonamides is 1. The van der Waals surface area contributed by atoms with Gasteiger partial charge in [0.2, 0.25) is 15.9 Å². The topological polar surface area (TPSA) is 79.4 Å². The fraction of sp³-hybridized carbons (Fsp3) is 0.182. The van der Waals surface area contributed by atoms with Crippen LogP contribution in [-0.2, 0) is 14.8 Å². The van der Waals surface area contributed by atoms with E-state index in [4.69, 9.17) is 0 Å². The molecule has 1 fully saturated rings. The smallest absolute Gasteiger partial charge is 0.241 e. The van der Waals surface area contributed by atoms with Crippen molar-refractivity contribution in [3.63, 3.8) is 0 Å². The third-order valence-corrected chi connectivity index (χ3v) is 6.42. The molecule has 1 saturated heterocycles. The molecule has 0 aliphatic carbocycles. The maximum absolute atomic E-state index is 13.1. The largest absolute Gasteiger partial charge is 0.312 e. The van der Waals surface area contributed by atoms with Crippen LogP contribution in [0.5, 0.6) is 0 Å². The van der Waals surface area contributed by atoms with Gasteiger partial charge in [-0.1, -0.05) is 30.3 Å². The Hall–Kier alpha value is -3.03. The van der Waals surface area contributed by atoms with Crippen LogP contribution >= 0.6 is 0 Å². The minimum atomic E-state index is -3.78. The van der Waals surface area contributed by atoms with Gasteiger partial charge in [0.15, 0.2) is 0 Å². The molecule has 0 radical (unpaired) electrons. The van der Waals surface area contributed by atoms with Crippen molar-refractivity contribution in [1.82, 2.24) is 9.71 Å². The maximum atomic E-state index is 13.1. The molecular formula is C22H21N3O3S. The molecule has 1 amide bonds. The van der Waals surface area contributed by atoms with E-state index >= 15 is 0 Å². The number of nitrogens with zero attached hydrogens (tertiary/aromatic N) is 2. The Morgan fingerprint density at radius 2 is 1.55 bits per heavy atom. The van der Waals surface area contributed by atoms with Crippen molar-refractivity contribution in [2.75, 3.05) is 11.4 Å². The van der Waals surface area contributed by atoms with Gasteiger partial charge in [-0.2, -0.15) is 4.72 Å². The molecule has 1 aromatic heterocycles. The van der Waals surface area contributed by atoms with Gasteiger partial charge in [-0.15, -0.1) is 0 Å². The van der Waals surface area contributed by atoms with Crippen molar-refractivity contribution in [2.45, 2.75) is 23.8 Å². The molecule has 4 rings (SSSR count). The van der Waals surface area contributed by atoms with Gasteiger partial charge in [-0.05, 0) is 53.9 Å². The van der Waals surface area contributed by atoms with Crippen LogP contribution in [0.15, 0.2) is 84.0 Å². The summed E-state index contributed by atoms with van der Waals surface area (Å²) < 4.78 is 29.0. The second-order valence-electron chi connectivity index (χ2n) is 6.89. The van der Waals surface area contributed by atoms with Crippen LogP contribution in [0.3, 0.4) is 0 Å². The Morgan fingerprint density at radius 1 is 0.897 bits per heavy atom. The Kier molecular flexibility index (Phi) is 5.42. The number of pyridine rings is 1. The monoisotopic (exact) mass is 407 g/mol. The lowest BCUT2D eigenvalue weighted by atomic mass is 10.0. The molecule has 1 aliphatic rings. The molecule has 6 nitrogen and oxygen atoms in total. The first-order chi connectivity index (χ1) is 14.0. The summed E-state index contributed by atoms with van der Waals surface area (Å²) in [6, 6.07) is 18.9. The molecule has 2 aromatic carbocycles. The predicted octanol–water partition coefficient (Wildman–Crippen LogP) is 3.28. The predicted molar refractivity (Wildman–Crippen MR) is 111 cm³/mol. The first-order valence-corrected chi connectivity index (χ1v) is 10.9. The fourth-order valence-corrected chi connectivity index (χ4v) is 4.69. The average Bonchev–Trinajstić information content (AvgIpc) is 3.19. The third kappa shape index (κ3) is 4.21. The first kappa shape index (κ1) is 19.3. The van der Waals surface area contributed by atoms with E-state index in [1.807, 2.05) is 30.3 Å². The van der Waals surface area contributed by atoms with Gasteiger partial charge in [-0.3, -0.25) is 9.78 Å². The summed E-state index contributed by atoms with van der Waals surface area (Å²) in [7, 11) is -3.78. The van der Waals surface area contributed by atoms with Crippen LogP contribution in [-0.4, -0.2) is 25.9 Å². The number of hydrogen-bond acceptors (Lipinski definition) is 4. The molecule has 3 aromatic rings. The molecule has 0 bridgehead atoms. The molecule has 1 atom stereocenters. The molecule has 2 heterocycles. The fourth-order valence-electron chi connectivity index (χ4n) is 3.48. The highest BCUT2D eigenvalue weighted by Gasteiger charge is 2.25. The van der Waals surface area contributed by atoms with Gasteiger partial charge in [0.25, 0.3) is 0 Å². The standard InChI is InChI=1S/C22H21N3O3S/c26-21-7-4-16-25(21)19-8-10-20(11-9-19)29(27,28)24-22(17-5-2-1-3-6-17)18-12-14-23-15-13-18/h1-3,5-6,8-15,22,24H,4,7,16H2. The number of nitrogens with one attached hydrogen (secondary N) is 1. The van der Waals surface area contributed by atoms with Crippen molar-refractivity contribution in [1.29, 1.82) is 0 Å². The van der Waals surface area contributed by atoms with E-state index in [0.717, 1.165) is 23.2 Å². The summed E-state index contributed by atoms with van der Waals surface area (Å²) in [5.74, 6) is 0.0700. The van der Waals surface area contributed by atoms with Crippen LogP contribution in [0.4, 0.5) is 5.69 Å². The molecule has 1 aliphatic heterocycles. The van der Waals surface area contributed by atoms with Gasteiger partial charge >= 0.3 is 0 Å². The van der Waals surface area contributed by atoms with Crippen LogP contribution in [0.2, 0.25) is 0 Å². The van der Waals surface area contributed by atoms with Gasteiger partial charge in [-0.25, -0.2) is 8.42 Å². The number of hydrogen-bond donors (Lipinski definition) is 1. The number of anilines is 1. The molecule has 1 unspecified atom stereocenters. The molecule has 0 spiro atoms. The van der Waals surface area contributed by atoms with Crippen molar-refractivity contribution in [2.24, 2.45) is 0 Å². The Bertz CT molecular complexity index is 1050. The second-order valence-corrected chi connectivity index (χ2v) is 8.60. The highest BCUT2D eigenvalue weighted by Crippen LogP contribution is 2.26. The van der Waals surface area contributed by atoms with Crippen LogP contribution in [0, 0.1) is 0 Å². The van der Waals surface area contributed by atoms with Gasteiger partial charge in [0.05, 0.1) is 10.9 Å². The van der Waals surface area contributed by atoms with Crippen molar-refractivity contribution >= 4 is 21.6 Å². The number of rotatable bonds is 6. The Morgan fingerprint density at radius 3 is 2.17 bits per heavy atom. The van der Waals surface area contributed by atoms with E-state index in [1.54, 1.807) is 41.6 Å². The number of amides is 1. The third-order valence-electron chi connectivity index (χ3n) is 4.98. The van der Waals surface area contributed by atoms with Crippen LogP contribution in [0.25, 0.3) is 0 Å². The lowest BCUT2D eigenvalue weighted by Crippen LogP contribution is -2.29. The number of carbonyl (C=O) groups excluding carboxylic acids is 1. The van der Waals surface area contributed by atoms with E-state index in [2.05, 4.69) is 9.71 Å². The van der Waals surface area contributed by atoms with Crippen LogP contribution < -0.4 is 9.62 Å². The maximum Gasteiger partial charge on any atom is 0.241 e. The normalized spacial score (nSPS) is 15.4. The number of benzene rings is 2. The molecule has 7 heteroatoms. The molecule has 0 saturated carbocycles. The van der Waals surface area contributed by atoms with Gasteiger partial charge < -0.3 is 4.90 Å². The van der Waals surface area contributed by atoms with E-state index < -0.39 is 16.1 Å². The molecule has 29 heavy (non-hydrogen) atoms. The Labute approximate surface area is 170 Å². The summed E-state index contributed by atoms with van der Waals surface area (Å²) in [5, 5.41) is 0. The van der Waals surface area contributed by atoms with Crippen molar-refractivity contribution < 1.29 is 13.2 Å². The lowest BCUT2D eigenvalue weighted by Gasteiger charge is -2.20. The zero-order valence-corrected chi connectivity index (χ0v) is 16.5. The number of aromatic nitrogens is 1. The van der Waals surface area contributed by atoms with Gasteiger partial charge in [0.1, 0.15) is 0 Å². The zero-order chi connectivity index (χ0) is 20.3. The van der Waals surface area contributed by atoms with E-state index in [9.17, 15) is 13.2 Å². The summed E-state index contributed by atoms with van der Waals surface area (Å²) in [4.78, 5) is 17.8. The molecular weight excluding hydrogens is 386 g/mol. The minimum Gasteiger partial charge on any atom is -0.312 e. The Balaban J connectivity index is 1.62. The molecule has 148 valence electrons. The summed E-state index contributed by atoms with van der Waals surface area (Å²) >= 11 is 0. The summed E-state index contributed by atoms with van der Waals surface area (Å²) in [5.41, 5.74) is 2.36.